The summed E-state index contributed by atoms with van der Waals surface area (Å²) in [5.74, 6) is -2.90. The fourth-order valence-corrected chi connectivity index (χ4v) is 3.04. The van der Waals surface area contributed by atoms with Crippen molar-refractivity contribution in [2.24, 2.45) is 0 Å². The van der Waals surface area contributed by atoms with Gasteiger partial charge in [0.1, 0.15) is 0 Å². The molecule has 27 heavy (non-hydrogen) atoms. The lowest BCUT2D eigenvalue weighted by atomic mass is 10.3. The van der Waals surface area contributed by atoms with Gasteiger partial charge in [0.25, 0.3) is 5.56 Å². The predicted molar refractivity (Wildman–Crippen MR) is 100 cm³/mol. The predicted octanol–water partition coefficient (Wildman–Crippen LogP) is 1.95. The quantitative estimate of drug-likeness (QED) is 0.435. The first kappa shape index (κ1) is 18.1. The summed E-state index contributed by atoms with van der Waals surface area (Å²) >= 11 is 1.15. The molecule has 3 rings (SSSR count). The molecule has 0 saturated carbocycles. The van der Waals surface area contributed by atoms with Gasteiger partial charge in [0.05, 0.1) is 17.1 Å². The Morgan fingerprint density at radius 3 is 2.63 bits per heavy atom. The van der Waals surface area contributed by atoms with Crippen molar-refractivity contribution in [1.82, 2.24) is 9.97 Å². The maximum atomic E-state index is 12.2. The van der Waals surface area contributed by atoms with Crippen LogP contribution in [0.25, 0.3) is 10.7 Å². The highest BCUT2D eigenvalue weighted by Gasteiger charge is 2.20. The van der Waals surface area contributed by atoms with Crippen LogP contribution in [0.15, 0.2) is 46.6 Å². The molecule has 0 saturated heterocycles. The maximum absolute atomic E-state index is 12.2. The van der Waals surface area contributed by atoms with Gasteiger partial charge in [-0.1, -0.05) is 18.2 Å². The molecule has 1 aromatic carbocycles. The fraction of sp³-hybridized carbons (Fsp3) is 0.0588. The number of aromatic carboxylic acids is 1. The van der Waals surface area contributed by atoms with E-state index in [9.17, 15) is 19.5 Å². The number of amides is 1. The van der Waals surface area contributed by atoms with E-state index >= 15 is 0 Å². The number of benzene rings is 1. The number of carbonyl (C=O) groups is 2. The zero-order valence-corrected chi connectivity index (χ0v) is 14.5. The number of aromatic hydroxyl groups is 1. The Hall–Kier alpha value is -3.66. The van der Waals surface area contributed by atoms with Gasteiger partial charge < -0.3 is 25.8 Å². The number of aromatic amines is 1. The Kier molecular flexibility index (Phi) is 5.18. The van der Waals surface area contributed by atoms with Gasteiger partial charge in [0, 0.05) is 5.69 Å². The summed E-state index contributed by atoms with van der Waals surface area (Å²) in [7, 11) is 0. The summed E-state index contributed by atoms with van der Waals surface area (Å²) in [4.78, 5) is 41.5. The number of carboxylic acids is 1. The summed E-state index contributed by atoms with van der Waals surface area (Å²) in [6, 6.07) is 10.8. The van der Waals surface area contributed by atoms with Crippen LogP contribution in [0.3, 0.4) is 0 Å². The molecule has 0 bridgehead atoms. The van der Waals surface area contributed by atoms with Gasteiger partial charge in [-0.3, -0.25) is 9.59 Å². The number of carboxylic acid groups (broad SMARTS) is 1. The third-order valence-electron chi connectivity index (χ3n) is 3.48. The molecule has 0 atom stereocenters. The van der Waals surface area contributed by atoms with Gasteiger partial charge in [0.15, 0.2) is 11.5 Å². The molecule has 0 unspecified atom stereocenters. The lowest BCUT2D eigenvalue weighted by Gasteiger charge is -2.09. The number of hydrogen-bond donors (Lipinski definition) is 5. The first-order valence-electron chi connectivity index (χ1n) is 7.69. The number of anilines is 2. The second-order valence-corrected chi connectivity index (χ2v) is 6.26. The van der Waals surface area contributed by atoms with Crippen LogP contribution < -0.4 is 16.2 Å². The molecule has 3 aromatic rings. The van der Waals surface area contributed by atoms with E-state index < -0.39 is 23.0 Å². The van der Waals surface area contributed by atoms with Crippen LogP contribution in [0.5, 0.6) is 5.75 Å². The lowest BCUT2D eigenvalue weighted by Crippen LogP contribution is -2.22. The molecular formula is C17H14N4O5S. The van der Waals surface area contributed by atoms with Crippen LogP contribution in [0.2, 0.25) is 0 Å². The van der Waals surface area contributed by atoms with Crippen LogP contribution in [0.4, 0.5) is 11.4 Å². The molecule has 2 aromatic heterocycles. The van der Waals surface area contributed by atoms with E-state index in [1.807, 2.05) is 30.3 Å². The van der Waals surface area contributed by atoms with Crippen molar-refractivity contribution in [2.45, 2.75) is 0 Å². The zero-order chi connectivity index (χ0) is 19.4. The maximum Gasteiger partial charge on any atom is 0.358 e. The summed E-state index contributed by atoms with van der Waals surface area (Å²) in [6.07, 6.45) is 0. The molecule has 2 heterocycles. The largest absolute Gasteiger partial charge is 0.501 e. The van der Waals surface area contributed by atoms with E-state index in [-0.39, 0.29) is 18.3 Å². The molecule has 1 amide bonds. The minimum atomic E-state index is -1.53. The number of para-hydroxylation sites is 1. The standard InChI is InChI=1S/C17H14N4O5S/c22-11(8-18-9-4-2-1-3-5-9)19-10-6-7-27-14(10)15-20-12(17(25)26)13(23)16(24)21-15/h1-7,18,23H,8H2,(H,19,22)(H,25,26)(H,20,21,24). The fourth-order valence-electron chi connectivity index (χ4n) is 2.25. The number of carbonyl (C=O) groups excluding carboxylic acids is 1. The van der Waals surface area contributed by atoms with Crippen LogP contribution in [-0.2, 0) is 4.79 Å². The highest BCUT2D eigenvalue weighted by atomic mass is 32.1. The molecule has 5 N–H and O–H groups in total. The van der Waals surface area contributed by atoms with Crippen LogP contribution in [0, 0.1) is 0 Å². The number of nitrogens with one attached hydrogen (secondary N) is 3. The topological polar surface area (TPSA) is 144 Å². The second kappa shape index (κ2) is 7.70. The van der Waals surface area contributed by atoms with Crippen molar-refractivity contribution in [3.63, 3.8) is 0 Å². The van der Waals surface area contributed by atoms with Crippen molar-refractivity contribution in [1.29, 1.82) is 0 Å². The third-order valence-corrected chi connectivity index (χ3v) is 4.40. The summed E-state index contributed by atoms with van der Waals surface area (Å²) in [5, 5.41) is 25.9. The van der Waals surface area contributed by atoms with E-state index in [0.717, 1.165) is 17.0 Å². The molecule has 0 aliphatic rings. The number of H-pyrrole nitrogens is 1. The Bertz CT molecular complexity index is 1040. The molecule has 138 valence electrons. The SMILES string of the molecule is O=C(CNc1ccccc1)Nc1ccsc1-c1nc(C(=O)O)c(O)c(=O)[nH]1. The van der Waals surface area contributed by atoms with E-state index in [1.165, 1.54) is 0 Å². The summed E-state index contributed by atoms with van der Waals surface area (Å²) in [5.41, 5.74) is -0.585. The van der Waals surface area contributed by atoms with E-state index in [0.29, 0.717) is 10.6 Å². The molecular weight excluding hydrogens is 372 g/mol. The smallest absolute Gasteiger partial charge is 0.358 e. The van der Waals surface area contributed by atoms with Crippen molar-refractivity contribution in [2.75, 3.05) is 17.2 Å². The molecule has 0 aliphatic heterocycles. The van der Waals surface area contributed by atoms with Crippen molar-refractivity contribution in [3.8, 4) is 16.5 Å². The van der Waals surface area contributed by atoms with Gasteiger partial charge in [-0.2, -0.15) is 0 Å². The number of hydrogen-bond acceptors (Lipinski definition) is 7. The Balaban J connectivity index is 1.79. The van der Waals surface area contributed by atoms with Gasteiger partial charge >= 0.3 is 5.97 Å². The molecule has 0 radical (unpaired) electrons. The van der Waals surface area contributed by atoms with Crippen molar-refractivity contribution < 1.29 is 19.8 Å². The van der Waals surface area contributed by atoms with E-state index in [1.54, 1.807) is 11.4 Å². The third kappa shape index (κ3) is 4.12. The highest BCUT2D eigenvalue weighted by molar-refractivity contribution is 7.14. The van der Waals surface area contributed by atoms with Gasteiger partial charge in [-0.25, -0.2) is 9.78 Å². The zero-order valence-electron chi connectivity index (χ0n) is 13.7. The number of nitrogens with zero attached hydrogens (tertiary/aromatic N) is 1. The van der Waals surface area contributed by atoms with Crippen molar-refractivity contribution in [3.05, 3.63) is 57.8 Å². The summed E-state index contributed by atoms with van der Waals surface area (Å²) in [6.45, 7) is 0.0131. The lowest BCUT2D eigenvalue weighted by molar-refractivity contribution is -0.114. The minimum absolute atomic E-state index is 0.0131. The molecule has 10 heteroatoms. The van der Waals surface area contributed by atoms with Gasteiger partial charge in [0.2, 0.25) is 11.7 Å². The molecule has 0 aliphatic carbocycles. The first-order chi connectivity index (χ1) is 13.0. The number of thiophene rings is 1. The number of aromatic nitrogens is 2. The molecule has 0 spiro atoms. The van der Waals surface area contributed by atoms with Crippen LogP contribution >= 0.6 is 11.3 Å². The average Bonchev–Trinajstić information content (AvgIpc) is 3.11. The second-order valence-electron chi connectivity index (χ2n) is 5.35. The van der Waals surface area contributed by atoms with E-state index in [4.69, 9.17) is 5.11 Å². The normalized spacial score (nSPS) is 10.4. The monoisotopic (exact) mass is 386 g/mol. The van der Waals surface area contributed by atoms with Crippen LogP contribution in [-0.4, -0.2) is 38.6 Å². The number of rotatable bonds is 6. The Labute approximate surface area is 156 Å². The minimum Gasteiger partial charge on any atom is -0.501 e. The first-order valence-corrected chi connectivity index (χ1v) is 8.57. The van der Waals surface area contributed by atoms with Crippen LogP contribution in [0.1, 0.15) is 10.5 Å². The molecule has 0 fully saturated rings. The summed E-state index contributed by atoms with van der Waals surface area (Å²) < 4.78 is 0. The van der Waals surface area contributed by atoms with Gasteiger partial charge in [-0.05, 0) is 23.6 Å². The van der Waals surface area contributed by atoms with E-state index in [2.05, 4.69) is 20.6 Å². The Morgan fingerprint density at radius 2 is 1.93 bits per heavy atom. The average molecular weight is 386 g/mol. The van der Waals surface area contributed by atoms with Crippen molar-refractivity contribution >= 4 is 34.6 Å². The highest BCUT2D eigenvalue weighted by Crippen LogP contribution is 2.31. The molecule has 9 nitrogen and oxygen atoms in total. The van der Waals surface area contributed by atoms with Gasteiger partial charge in [-0.15, -0.1) is 11.3 Å². The Morgan fingerprint density at radius 1 is 1.19 bits per heavy atom.